The smallest absolute Gasteiger partial charge is 0.144 e. The third kappa shape index (κ3) is 6.07. The maximum Gasteiger partial charge on any atom is 0.144 e. The number of aryl methyl sites for hydroxylation is 1. The molecule has 37 heavy (non-hydrogen) atoms. The normalized spacial score (nSPS) is 16.3. The molecule has 1 fully saturated rings. The van der Waals surface area contributed by atoms with Gasteiger partial charge >= 0.3 is 0 Å². The van der Waals surface area contributed by atoms with Gasteiger partial charge in [0, 0.05) is 30.3 Å². The molecule has 196 valence electrons. The van der Waals surface area contributed by atoms with Crippen molar-refractivity contribution in [3.8, 4) is 17.6 Å². The van der Waals surface area contributed by atoms with Crippen LogP contribution < -0.4 is 4.74 Å². The van der Waals surface area contributed by atoms with E-state index in [0.717, 1.165) is 22.0 Å². The number of hydrogen-bond acceptors (Lipinski definition) is 5. The summed E-state index contributed by atoms with van der Waals surface area (Å²) in [6.45, 7) is 3.57. The predicted octanol–water partition coefficient (Wildman–Crippen LogP) is 4.91. The van der Waals surface area contributed by atoms with E-state index in [2.05, 4.69) is 21.7 Å². The van der Waals surface area contributed by atoms with Crippen LogP contribution in [0.2, 0.25) is 0 Å². The molecule has 5 nitrogen and oxygen atoms in total. The summed E-state index contributed by atoms with van der Waals surface area (Å²) in [5.74, 6) is 2.93. The Bertz CT molecular complexity index is 1300. The molecule has 2 aromatic carbocycles. The quantitative estimate of drug-likeness (QED) is 0.441. The van der Waals surface area contributed by atoms with Crippen LogP contribution in [-0.4, -0.2) is 53.4 Å². The predicted molar refractivity (Wildman–Crippen MR) is 136 cm³/mol. The van der Waals surface area contributed by atoms with E-state index >= 15 is 0 Å². The van der Waals surface area contributed by atoms with Gasteiger partial charge in [0.2, 0.25) is 0 Å². The molecule has 0 amide bonds. The third-order valence-corrected chi connectivity index (χ3v) is 7.37. The van der Waals surface area contributed by atoms with Crippen molar-refractivity contribution >= 4 is 10.9 Å². The number of pyridine rings is 1. The van der Waals surface area contributed by atoms with Crippen LogP contribution in [0.3, 0.4) is 0 Å². The van der Waals surface area contributed by atoms with Crippen LogP contribution >= 0.6 is 0 Å². The van der Waals surface area contributed by atoms with Gasteiger partial charge in [-0.2, -0.15) is 0 Å². The molecule has 0 saturated carbocycles. The molecule has 8 heteroatoms. The Balaban J connectivity index is 1.38. The second-order valence-corrected chi connectivity index (χ2v) is 9.77. The lowest BCUT2D eigenvalue weighted by atomic mass is 9.74. The van der Waals surface area contributed by atoms with Crippen LogP contribution in [0.4, 0.5) is 13.2 Å². The highest BCUT2D eigenvalue weighted by Crippen LogP contribution is 2.39. The first-order valence-electron chi connectivity index (χ1n) is 12.3. The molecule has 1 aromatic heterocycles. The average molecular weight is 513 g/mol. The minimum Gasteiger partial charge on any atom is -0.497 e. The highest BCUT2D eigenvalue weighted by atomic mass is 19.1. The number of nitrogens with zero attached hydrogens (tertiary/aromatic N) is 2. The number of halogens is 3. The second kappa shape index (κ2) is 11.5. The van der Waals surface area contributed by atoms with Crippen LogP contribution in [0, 0.1) is 41.6 Å². The molecule has 0 radical (unpaired) electrons. The number of benzene rings is 2. The van der Waals surface area contributed by atoms with Crippen molar-refractivity contribution in [3.63, 3.8) is 0 Å². The molecule has 2 N–H and O–H groups in total. The summed E-state index contributed by atoms with van der Waals surface area (Å²) in [6.07, 6.45) is 3.59. The fourth-order valence-corrected chi connectivity index (χ4v) is 5.02. The average Bonchev–Trinajstić information content (AvgIpc) is 2.89. The lowest BCUT2D eigenvalue weighted by Crippen LogP contribution is -2.42. The van der Waals surface area contributed by atoms with Crippen LogP contribution in [0.5, 0.6) is 5.75 Å². The summed E-state index contributed by atoms with van der Waals surface area (Å²) in [4.78, 5) is 6.52. The Hall–Kier alpha value is -3.12. The van der Waals surface area contributed by atoms with E-state index < -0.39 is 29.1 Å². The number of piperidine rings is 1. The van der Waals surface area contributed by atoms with Crippen molar-refractivity contribution in [1.29, 1.82) is 0 Å². The number of rotatable bonds is 7. The summed E-state index contributed by atoms with van der Waals surface area (Å²) >= 11 is 0. The first-order valence-corrected chi connectivity index (χ1v) is 12.3. The van der Waals surface area contributed by atoms with Crippen molar-refractivity contribution in [2.24, 2.45) is 5.41 Å². The Labute approximate surface area is 214 Å². The number of methoxy groups -OCH3 is 1. The molecule has 1 aliphatic heterocycles. The molecule has 2 heterocycles. The van der Waals surface area contributed by atoms with E-state index in [1.165, 1.54) is 0 Å². The van der Waals surface area contributed by atoms with E-state index in [-0.39, 0.29) is 12.0 Å². The first kappa shape index (κ1) is 26.9. The summed E-state index contributed by atoms with van der Waals surface area (Å²) < 4.78 is 46.0. The molecule has 1 atom stereocenters. The zero-order valence-electron chi connectivity index (χ0n) is 21.0. The maximum atomic E-state index is 13.8. The molecule has 0 spiro atoms. The highest BCUT2D eigenvalue weighted by Gasteiger charge is 2.34. The Morgan fingerprint density at radius 3 is 2.49 bits per heavy atom. The Morgan fingerprint density at radius 1 is 1.14 bits per heavy atom. The fourth-order valence-electron chi connectivity index (χ4n) is 5.02. The molecule has 1 saturated heterocycles. The zero-order chi connectivity index (χ0) is 26.6. The van der Waals surface area contributed by atoms with Crippen molar-refractivity contribution in [3.05, 3.63) is 70.7 Å². The molecule has 1 unspecified atom stereocenters. The third-order valence-electron chi connectivity index (χ3n) is 7.37. The van der Waals surface area contributed by atoms with E-state index in [1.807, 2.05) is 25.1 Å². The zero-order valence-corrected chi connectivity index (χ0v) is 21.0. The second-order valence-electron chi connectivity index (χ2n) is 9.77. The molecular weight excluding hydrogens is 481 g/mol. The number of aromatic nitrogens is 1. The van der Waals surface area contributed by atoms with Crippen molar-refractivity contribution in [1.82, 2.24) is 9.88 Å². The van der Waals surface area contributed by atoms with E-state index in [4.69, 9.17) is 4.74 Å². The van der Waals surface area contributed by atoms with Gasteiger partial charge < -0.3 is 14.9 Å². The van der Waals surface area contributed by atoms with Crippen molar-refractivity contribution < 1.29 is 28.1 Å². The van der Waals surface area contributed by atoms with Crippen LogP contribution in [0.25, 0.3) is 10.9 Å². The first-order chi connectivity index (χ1) is 17.7. The van der Waals surface area contributed by atoms with Gasteiger partial charge in [0.05, 0.1) is 30.8 Å². The fraction of sp³-hybridized carbons (Fsp3) is 0.414. The van der Waals surface area contributed by atoms with Gasteiger partial charge in [-0.05, 0) is 80.4 Å². The molecule has 1 aliphatic rings. The molecule has 0 aliphatic carbocycles. The summed E-state index contributed by atoms with van der Waals surface area (Å²) in [5, 5.41) is 22.3. The number of hydrogen-bond donors (Lipinski definition) is 2. The van der Waals surface area contributed by atoms with Crippen LogP contribution in [-0.2, 0) is 0 Å². The van der Waals surface area contributed by atoms with Crippen LogP contribution in [0.15, 0.2) is 36.5 Å². The van der Waals surface area contributed by atoms with Gasteiger partial charge in [0.15, 0.2) is 0 Å². The lowest BCUT2D eigenvalue weighted by molar-refractivity contribution is 0.0273. The maximum absolute atomic E-state index is 13.8. The SMILES string of the molecule is COc1ccc2ncc(C)c(C(O)CCC3(CO)CCN(CC#Cc4c(F)cc(F)cc4F)CC3)c2c1. The van der Waals surface area contributed by atoms with E-state index in [0.29, 0.717) is 63.2 Å². The standard InChI is InChI=1S/C29H31F3N2O3/c1-19-17-33-26-6-5-21(37-2)16-23(26)28(19)27(36)7-8-29(18-35)9-12-34(13-10-29)11-3-4-22-24(31)14-20(30)15-25(22)32/h5-6,14-17,27,35-36H,7-13,18H2,1-2H3. The summed E-state index contributed by atoms with van der Waals surface area (Å²) in [6, 6.07) is 6.83. The van der Waals surface area contributed by atoms with Gasteiger partial charge in [-0.25, -0.2) is 13.2 Å². The number of aliphatic hydroxyl groups is 2. The molecule has 0 bridgehead atoms. The topological polar surface area (TPSA) is 65.8 Å². The van der Waals surface area contributed by atoms with E-state index in [9.17, 15) is 23.4 Å². The molecule has 4 rings (SSSR count). The van der Waals surface area contributed by atoms with Crippen LogP contribution in [0.1, 0.15) is 48.5 Å². The van der Waals surface area contributed by atoms with Gasteiger partial charge in [-0.1, -0.05) is 11.8 Å². The largest absolute Gasteiger partial charge is 0.497 e. The summed E-state index contributed by atoms with van der Waals surface area (Å²) in [7, 11) is 1.60. The van der Waals surface area contributed by atoms with Gasteiger partial charge in [0.1, 0.15) is 23.2 Å². The van der Waals surface area contributed by atoms with Gasteiger partial charge in [-0.15, -0.1) is 0 Å². The minimum atomic E-state index is -1.02. The Kier molecular flexibility index (Phi) is 8.38. The van der Waals surface area contributed by atoms with Gasteiger partial charge in [0.25, 0.3) is 0 Å². The number of aliphatic hydroxyl groups excluding tert-OH is 2. The van der Waals surface area contributed by atoms with Crippen molar-refractivity contribution in [2.45, 2.75) is 38.7 Å². The number of likely N-dealkylation sites (tertiary alicyclic amines) is 1. The van der Waals surface area contributed by atoms with Crippen molar-refractivity contribution in [2.75, 3.05) is 33.4 Å². The Morgan fingerprint density at radius 2 is 1.84 bits per heavy atom. The molecule has 3 aromatic rings. The number of fused-ring (bicyclic) bond motifs is 1. The van der Waals surface area contributed by atoms with Gasteiger partial charge in [-0.3, -0.25) is 9.88 Å². The highest BCUT2D eigenvalue weighted by molar-refractivity contribution is 5.84. The lowest BCUT2D eigenvalue weighted by Gasteiger charge is -2.40. The summed E-state index contributed by atoms with van der Waals surface area (Å²) in [5.41, 5.74) is 1.74. The number of ether oxygens (including phenoxy) is 1. The monoisotopic (exact) mass is 512 g/mol. The minimum absolute atomic E-state index is 0.00907. The van der Waals surface area contributed by atoms with E-state index in [1.54, 1.807) is 13.3 Å². The molecular formula is C29H31F3N2O3.